The minimum Gasteiger partial charge on any atom is -0.339 e. The van der Waals surface area contributed by atoms with E-state index in [0.717, 1.165) is 42.9 Å². The van der Waals surface area contributed by atoms with Crippen molar-refractivity contribution >= 4 is 45.8 Å². The SMILES string of the molecule is CNCCC1CCN(C(=O)c2ccc(Br)cc2Cl)CC1.Cl. The van der Waals surface area contributed by atoms with E-state index in [9.17, 15) is 4.79 Å². The Morgan fingerprint density at radius 1 is 1.43 bits per heavy atom. The second-order valence-corrected chi connectivity index (χ2v) is 6.57. The fraction of sp³-hybridized carbons (Fsp3) is 0.533. The average Bonchev–Trinajstić information content (AvgIpc) is 2.45. The van der Waals surface area contributed by atoms with Gasteiger partial charge in [-0.3, -0.25) is 4.79 Å². The lowest BCUT2D eigenvalue weighted by Crippen LogP contribution is -2.39. The minimum atomic E-state index is 0. The summed E-state index contributed by atoms with van der Waals surface area (Å²) in [6, 6.07) is 5.43. The molecule has 1 fully saturated rings. The lowest BCUT2D eigenvalue weighted by atomic mass is 9.93. The number of likely N-dealkylation sites (tertiary alicyclic amines) is 1. The first-order valence-corrected chi connectivity index (χ1v) is 8.18. The van der Waals surface area contributed by atoms with Crippen LogP contribution in [0.1, 0.15) is 29.6 Å². The van der Waals surface area contributed by atoms with Crippen LogP contribution in [-0.2, 0) is 0 Å². The molecule has 0 aromatic heterocycles. The first-order chi connectivity index (χ1) is 9.61. The van der Waals surface area contributed by atoms with Crippen molar-refractivity contribution in [2.75, 3.05) is 26.7 Å². The molecule has 1 aromatic rings. The zero-order valence-corrected chi connectivity index (χ0v) is 15.2. The molecular formula is C15H21BrCl2N2O. The fourth-order valence-electron chi connectivity index (χ4n) is 2.61. The van der Waals surface area contributed by atoms with Gasteiger partial charge in [0.2, 0.25) is 0 Å². The molecule has 0 bridgehead atoms. The molecule has 3 nitrogen and oxygen atoms in total. The normalized spacial score (nSPS) is 15.7. The van der Waals surface area contributed by atoms with Crippen LogP contribution in [0, 0.1) is 5.92 Å². The van der Waals surface area contributed by atoms with Gasteiger partial charge < -0.3 is 10.2 Å². The van der Waals surface area contributed by atoms with E-state index in [4.69, 9.17) is 11.6 Å². The molecule has 2 rings (SSSR count). The third-order valence-corrected chi connectivity index (χ3v) is 4.67. The Bertz CT molecular complexity index is 477. The summed E-state index contributed by atoms with van der Waals surface area (Å²) in [7, 11) is 1.98. The number of carbonyl (C=O) groups excluding carboxylic acids is 1. The Morgan fingerprint density at radius 3 is 2.67 bits per heavy atom. The smallest absolute Gasteiger partial charge is 0.255 e. The van der Waals surface area contributed by atoms with E-state index in [1.165, 1.54) is 6.42 Å². The molecule has 0 atom stereocenters. The molecule has 0 spiro atoms. The number of amides is 1. The van der Waals surface area contributed by atoms with Crippen molar-refractivity contribution in [3.63, 3.8) is 0 Å². The zero-order valence-electron chi connectivity index (χ0n) is 12.1. The molecule has 118 valence electrons. The number of nitrogens with zero attached hydrogens (tertiary/aromatic N) is 1. The molecule has 0 aliphatic carbocycles. The molecule has 21 heavy (non-hydrogen) atoms. The highest BCUT2D eigenvalue weighted by Crippen LogP contribution is 2.25. The number of halogens is 3. The quantitative estimate of drug-likeness (QED) is 0.835. The lowest BCUT2D eigenvalue weighted by Gasteiger charge is -2.32. The molecule has 0 radical (unpaired) electrons. The highest BCUT2D eigenvalue weighted by molar-refractivity contribution is 9.10. The monoisotopic (exact) mass is 394 g/mol. The van der Waals surface area contributed by atoms with Crippen molar-refractivity contribution < 1.29 is 4.79 Å². The van der Waals surface area contributed by atoms with Crippen molar-refractivity contribution in [1.29, 1.82) is 0 Å². The molecule has 1 aliphatic heterocycles. The number of piperidine rings is 1. The van der Waals surface area contributed by atoms with Gasteiger partial charge in [0.15, 0.2) is 0 Å². The van der Waals surface area contributed by atoms with E-state index < -0.39 is 0 Å². The van der Waals surface area contributed by atoms with Crippen LogP contribution in [0.2, 0.25) is 5.02 Å². The summed E-state index contributed by atoms with van der Waals surface area (Å²) >= 11 is 9.51. The number of benzene rings is 1. The van der Waals surface area contributed by atoms with Gasteiger partial charge in [0.1, 0.15) is 0 Å². The van der Waals surface area contributed by atoms with Crippen molar-refractivity contribution in [2.45, 2.75) is 19.3 Å². The van der Waals surface area contributed by atoms with Crippen molar-refractivity contribution in [3.05, 3.63) is 33.3 Å². The van der Waals surface area contributed by atoms with Crippen LogP contribution in [0.15, 0.2) is 22.7 Å². The van der Waals surface area contributed by atoms with Gasteiger partial charge in [0.25, 0.3) is 5.91 Å². The molecule has 1 saturated heterocycles. The largest absolute Gasteiger partial charge is 0.339 e. The van der Waals surface area contributed by atoms with Gasteiger partial charge in [-0.05, 0) is 57.0 Å². The van der Waals surface area contributed by atoms with Gasteiger partial charge in [-0.15, -0.1) is 12.4 Å². The van der Waals surface area contributed by atoms with E-state index in [0.29, 0.717) is 10.6 Å². The first-order valence-electron chi connectivity index (χ1n) is 7.00. The minimum absolute atomic E-state index is 0. The topological polar surface area (TPSA) is 32.3 Å². The van der Waals surface area contributed by atoms with Gasteiger partial charge >= 0.3 is 0 Å². The maximum absolute atomic E-state index is 12.5. The Kier molecular flexibility index (Phi) is 8.03. The molecule has 1 aliphatic rings. The van der Waals surface area contributed by atoms with Gasteiger partial charge in [-0.1, -0.05) is 27.5 Å². The molecule has 1 aromatic carbocycles. The highest BCUT2D eigenvalue weighted by atomic mass is 79.9. The maximum atomic E-state index is 12.5. The van der Waals surface area contributed by atoms with Crippen LogP contribution >= 0.6 is 39.9 Å². The fourth-order valence-corrected chi connectivity index (χ4v) is 3.36. The molecule has 0 saturated carbocycles. The molecular weight excluding hydrogens is 375 g/mol. The van der Waals surface area contributed by atoms with Crippen LogP contribution in [0.3, 0.4) is 0 Å². The van der Waals surface area contributed by atoms with Crippen LogP contribution in [0.4, 0.5) is 0 Å². The second kappa shape index (κ2) is 8.99. The van der Waals surface area contributed by atoms with Crippen LogP contribution in [0.25, 0.3) is 0 Å². The van der Waals surface area contributed by atoms with Crippen molar-refractivity contribution in [3.8, 4) is 0 Å². The predicted octanol–water partition coefficient (Wildman–Crippen LogP) is 3.99. The Balaban J connectivity index is 0.00000220. The van der Waals surface area contributed by atoms with Gasteiger partial charge in [-0.25, -0.2) is 0 Å². The van der Waals surface area contributed by atoms with Crippen LogP contribution < -0.4 is 5.32 Å². The molecule has 1 amide bonds. The number of nitrogens with one attached hydrogen (secondary N) is 1. The summed E-state index contributed by atoms with van der Waals surface area (Å²) in [4.78, 5) is 14.4. The van der Waals surface area contributed by atoms with Gasteiger partial charge in [0, 0.05) is 17.6 Å². The molecule has 1 heterocycles. The average molecular weight is 396 g/mol. The lowest BCUT2D eigenvalue weighted by molar-refractivity contribution is 0.0687. The molecule has 1 N–H and O–H groups in total. The van der Waals surface area contributed by atoms with Crippen molar-refractivity contribution in [1.82, 2.24) is 10.2 Å². The summed E-state index contributed by atoms with van der Waals surface area (Å²) in [5.41, 5.74) is 0.601. The third kappa shape index (κ3) is 5.13. The summed E-state index contributed by atoms with van der Waals surface area (Å²) in [5, 5.41) is 3.70. The highest BCUT2D eigenvalue weighted by Gasteiger charge is 2.24. The summed E-state index contributed by atoms with van der Waals surface area (Å²) < 4.78 is 0.893. The van der Waals surface area contributed by atoms with E-state index in [2.05, 4.69) is 21.2 Å². The maximum Gasteiger partial charge on any atom is 0.255 e. The first kappa shape index (κ1) is 18.8. The Labute approximate surface area is 146 Å². The van der Waals surface area contributed by atoms with E-state index in [-0.39, 0.29) is 18.3 Å². The summed E-state index contributed by atoms with van der Waals surface area (Å²) in [5.74, 6) is 0.779. The molecule has 0 unspecified atom stereocenters. The number of rotatable bonds is 4. The van der Waals surface area contributed by atoms with E-state index in [1.807, 2.05) is 18.0 Å². The van der Waals surface area contributed by atoms with Gasteiger partial charge in [0.05, 0.1) is 10.6 Å². The van der Waals surface area contributed by atoms with Crippen LogP contribution in [0.5, 0.6) is 0 Å². The standard InChI is InChI=1S/C15H20BrClN2O.ClH/c1-18-7-4-11-5-8-19(9-6-11)15(20)13-3-2-12(16)10-14(13)17;/h2-3,10-11,18H,4-9H2,1H3;1H. The number of carbonyl (C=O) groups is 1. The number of hydrogen-bond acceptors (Lipinski definition) is 2. The third-order valence-electron chi connectivity index (χ3n) is 3.87. The van der Waals surface area contributed by atoms with E-state index >= 15 is 0 Å². The second-order valence-electron chi connectivity index (χ2n) is 5.25. The van der Waals surface area contributed by atoms with Crippen molar-refractivity contribution in [2.24, 2.45) is 5.92 Å². The number of hydrogen-bond donors (Lipinski definition) is 1. The summed E-state index contributed by atoms with van der Waals surface area (Å²) in [6.45, 7) is 2.72. The zero-order chi connectivity index (χ0) is 14.5. The van der Waals surface area contributed by atoms with E-state index in [1.54, 1.807) is 12.1 Å². The van der Waals surface area contributed by atoms with Gasteiger partial charge in [-0.2, -0.15) is 0 Å². The predicted molar refractivity (Wildman–Crippen MR) is 93.6 cm³/mol. The Morgan fingerprint density at radius 2 is 2.10 bits per heavy atom. The summed E-state index contributed by atoms with van der Waals surface area (Å²) in [6.07, 6.45) is 3.36. The Hall–Kier alpha value is -0.290. The molecule has 6 heteroatoms. The van der Waals surface area contributed by atoms with Crippen LogP contribution in [-0.4, -0.2) is 37.5 Å².